The minimum atomic E-state index is -0.519. The molecule has 0 radical (unpaired) electrons. The van der Waals surface area contributed by atoms with Gasteiger partial charge in [0.1, 0.15) is 0 Å². The SMILES string of the molecule is COc1c(O)c(O)cc(C(C)C)cc1=O. The van der Waals surface area contributed by atoms with Gasteiger partial charge in [-0.2, -0.15) is 0 Å². The molecular weight excluding hydrogens is 196 g/mol. The Morgan fingerprint density at radius 3 is 2.33 bits per heavy atom. The van der Waals surface area contributed by atoms with Crippen LogP contribution in [0.5, 0.6) is 17.2 Å². The molecule has 0 heterocycles. The number of ether oxygens (including phenoxy) is 1. The molecule has 0 aliphatic rings. The molecule has 0 aromatic heterocycles. The zero-order valence-electron chi connectivity index (χ0n) is 8.94. The van der Waals surface area contributed by atoms with Gasteiger partial charge in [0.25, 0.3) is 0 Å². The molecule has 0 bridgehead atoms. The Bertz CT molecular complexity index is 424. The maximum absolute atomic E-state index is 11.6. The molecule has 4 heteroatoms. The summed E-state index contributed by atoms with van der Waals surface area (Å²) in [4.78, 5) is 11.6. The fourth-order valence-electron chi connectivity index (χ4n) is 1.25. The van der Waals surface area contributed by atoms with E-state index in [9.17, 15) is 15.0 Å². The average Bonchev–Trinajstić information content (AvgIpc) is 2.26. The molecule has 1 rings (SSSR count). The van der Waals surface area contributed by atoms with Crippen LogP contribution in [-0.2, 0) is 0 Å². The van der Waals surface area contributed by atoms with Crippen LogP contribution < -0.4 is 10.2 Å². The third-order valence-corrected chi connectivity index (χ3v) is 2.15. The Hall–Kier alpha value is -1.71. The van der Waals surface area contributed by atoms with Crippen LogP contribution in [0.4, 0.5) is 0 Å². The number of rotatable bonds is 2. The van der Waals surface area contributed by atoms with E-state index in [0.717, 1.165) is 0 Å². The maximum atomic E-state index is 11.6. The summed E-state index contributed by atoms with van der Waals surface area (Å²) in [5, 5.41) is 18.9. The van der Waals surface area contributed by atoms with Gasteiger partial charge in [-0.15, -0.1) is 0 Å². The molecule has 0 aliphatic heterocycles. The van der Waals surface area contributed by atoms with Gasteiger partial charge in [0.05, 0.1) is 7.11 Å². The molecule has 0 amide bonds. The largest absolute Gasteiger partial charge is 0.504 e. The van der Waals surface area contributed by atoms with Gasteiger partial charge in [0, 0.05) is 0 Å². The first kappa shape index (κ1) is 11.4. The smallest absolute Gasteiger partial charge is 0.224 e. The first-order valence-corrected chi connectivity index (χ1v) is 4.61. The van der Waals surface area contributed by atoms with E-state index < -0.39 is 11.2 Å². The lowest BCUT2D eigenvalue weighted by Gasteiger charge is -2.00. The summed E-state index contributed by atoms with van der Waals surface area (Å²) in [7, 11) is 1.27. The Morgan fingerprint density at radius 2 is 1.87 bits per heavy atom. The van der Waals surface area contributed by atoms with E-state index in [2.05, 4.69) is 0 Å². The third kappa shape index (κ3) is 2.21. The van der Waals surface area contributed by atoms with Crippen molar-refractivity contribution in [3.8, 4) is 17.2 Å². The van der Waals surface area contributed by atoms with Crippen molar-refractivity contribution in [2.45, 2.75) is 19.8 Å². The molecule has 15 heavy (non-hydrogen) atoms. The first-order valence-electron chi connectivity index (χ1n) is 4.61. The molecular formula is C11H14O4. The molecule has 1 aromatic rings. The molecule has 2 N–H and O–H groups in total. The van der Waals surface area contributed by atoms with E-state index in [0.29, 0.717) is 5.56 Å². The van der Waals surface area contributed by atoms with Crippen LogP contribution in [-0.4, -0.2) is 17.3 Å². The number of methoxy groups -OCH3 is 1. The van der Waals surface area contributed by atoms with Crippen LogP contribution in [0.25, 0.3) is 0 Å². The molecule has 1 aromatic carbocycles. The number of hydrogen-bond acceptors (Lipinski definition) is 4. The highest BCUT2D eigenvalue weighted by Gasteiger charge is 2.12. The van der Waals surface area contributed by atoms with Crippen molar-refractivity contribution in [2.24, 2.45) is 0 Å². The second-order valence-corrected chi connectivity index (χ2v) is 3.57. The molecule has 0 unspecified atom stereocenters. The Balaban J connectivity index is 3.59. The summed E-state index contributed by atoms with van der Waals surface area (Å²) in [6.45, 7) is 3.77. The van der Waals surface area contributed by atoms with Gasteiger partial charge >= 0.3 is 0 Å². The molecule has 4 nitrogen and oxygen atoms in total. The highest BCUT2D eigenvalue weighted by molar-refractivity contribution is 5.49. The Labute approximate surface area is 87.8 Å². The van der Waals surface area contributed by atoms with Crippen LogP contribution in [0.1, 0.15) is 25.3 Å². The van der Waals surface area contributed by atoms with Crippen LogP contribution in [0.2, 0.25) is 0 Å². The molecule has 0 saturated heterocycles. The van der Waals surface area contributed by atoms with Crippen molar-refractivity contribution in [2.75, 3.05) is 7.11 Å². The maximum Gasteiger partial charge on any atom is 0.224 e. The van der Waals surface area contributed by atoms with Crippen LogP contribution in [0, 0.1) is 0 Å². The minimum absolute atomic E-state index is 0.0834. The van der Waals surface area contributed by atoms with Crippen LogP contribution >= 0.6 is 0 Å². The van der Waals surface area contributed by atoms with E-state index in [1.165, 1.54) is 19.2 Å². The van der Waals surface area contributed by atoms with E-state index in [1.807, 2.05) is 13.8 Å². The van der Waals surface area contributed by atoms with Crippen molar-refractivity contribution < 1.29 is 14.9 Å². The van der Waals surface area contributed by atoms with E-state index >= 15 is 0 Å². The lowest BCUT2D eigenvalue weighted by Crippen LogP contribution is -2.02. The highest BCUT2D eigenvalue weighted by atomic mass is 16.5. The number of aromatic hydroxyl groups is 2. The van der Waals surface area contributed by atoms with Crippen molar-refractivity contribution in [3.63, 3.8) is 0 Å². The van der Waals surface area contributed by atoms with Gasteiger partial charge in [0.2, 0.25) is 16.9 Å². The predicted octanol–water partition coefficient (Wildman–Crippen LogP) is 1.59. The molecule has 0 spiro atoms. The second kappa shape index (κ2) is 4.21. The topological polar surface area (TPSA) is 66.8 Å². The van der Waals surface area contributed by atoms with Crippen molar-refractivity contribution in [3.05, 3.63) is 27.9 Å². The summed E-state index contributed by atoms with van der Waals surface area (Å²) in [5.41, 5.74) is 0.204. The quantitative estimate of drug-likeness (QED) is 0.777. The summed E-state index contributed by atoms with van der Waals surface area (Å²) < 4.78 is 4.73. The van der Waals surface area contributed by atoms with E-state index in [4.69, 9.17) is 4.74 Å². The fourth-order valence-corrected chi connectivity index (χ4v) is 1.25. The predicted molar refractivity (Wildman–Crippen MR) is 56.7 cm³/mol. The first-order chi connectivity index (χ1) is 6.97. The van der Waals surface area contributed by atoms with Gasteiger partial charge in [-0.1, -0.05) is 13.8 Å². The molecule has 0 aliphatic carbocycles. The molecule has 82 valence electrons. The summed E-state index contributed by atoms with van der Waals surface area (Å²) in [6.07, 6.45) is 0. The van der Waals surface area contributed by atoms with E-state index in [1.54, 1.807) is 0 Å². The Kier molecular flexibility index (Phi) is 3.19. The fraction of sp³-hybridized carbons (Fsp3) is 0.364. The summed E-state index contributed by atoms with van der Waals surface area (Å²) in [6, 6.07) is 2.72. The van der Waals surface area contributed by atoms with Crippen molar-refractivity contribution in [1.29, 1.82) is 0 Å². The van der Waals surface area contributed by atoms with Gasteiger partial charge in [-0.3, -0.25) is 4.79 Å². The summed E-state index contributed by atoms with van der Waals surface area (Å²) >= 11 is 0. The van der Waals surface area contributed by atoms with Gasteiger partial charge in [-0.05, 0) is 23.6 Å². The monoisotopic (exact) mass is 210 g/mol. The minimum Gasteiger partial charge on any atom is -0.504 e. The second-order valence-electron chi connectivity index (χ2n) is 3.57. The highest BCUT2D eigenvalue weighted by Crippen LogP contribution is 2.32. The van der Waals surface area contributed by atoms with Crippen molar-refractivity contribution in [1.82, 2.24) is 0 Å². The molecule has 0 saturated carbocycles. The number of hydrogen-bond donors (Lipinski definition) is 2. The van der Waals surface area contributed by atoms with E-state index in [-0.39, 0.29) is 17.4 Å². The van der Waals surface area contributed by atoms with Gasteiger partial charge < -0.3 is 14.9 Å². The van der Waals surface area contributed by atoms with Gasteiger partial charge in [-0.25, -0.2) is 0 Å². The average molecular weight is 210 g/mol. The molecule has 0 atom stereocenters. The molecule has 0 fully saturated rings. The third-order valence-electron chi connectivity index (χ3n) is 2.15. The van der Waals surface area contributed by atoms with Crippen molar-refractivity contribution >= 4 is 0 Å². The zero-order chi connectivity index (χ0) is 11.6. The standard InChI is InChI=1S/C11H14O4/c1-6(2)7-4-8(12)10(14)11(15-3)9(13)5-7/h4-6,12,14H,1-3H3. The van der Waals surface area contributed by atoms with Crippen LogP contribution in [0.15, 0.2) is 16.9 Å². The summed E-state index contributed by atoms with van der Waals surface area (Å²) in [5.74, 6) is -1.02. The lowest BCUT2D eigenvalue weighted by atomic mass is 10.1. The van der Waals surface area contributed by atoms with Crippen LogP contribution in [0.3, 0.4) is 0 Å². The normalized spacial score (nSPS) is 10.4. The van der Waals surface area contributed by atoms with Gasteiger partial charge in [0.15, 0.2) is 5.75 Å². The Morgan fingerprint density at radius 1 is 1.27 bits per heavy atom. The zero-order valence-corrected chi connectivity index (χ0v) is 8.94. The lowest BCUT2D eigenvalue weighted by molar-refractivity contribution is 0.351.